The second kappa shape index (κ2) is 5.81. The number of amides is 1. The van der Waals surface area contributed by atoms with Crippen LogP contribution < -0.4 is 5.32 Å². The summed E-state index contributed by atoms with van der Waals surface area (Å²) in [6.45, 7) is 2.03. The first-order valence-electron chi connectivity index (χ1n) is 6.84. The number of nitrogens with one attached hydrogen (secondary N) is 1. The van der Waals surface area contributed by atoms with Crippen LogP contribution >= 0.6 is 11.8 Å². The van der Waals surface area contributed by atoms with E-state index >= 15 is 0 Å². The first kappa shape index (κ1) is 14.6. The Kier molecular flexibility index (Phi) is 3.85. The Labute approximate surface area is 131 Å². The lowest BCUT2D eigenvalue weighted by atomic mass is 10.1. The molecule has 22 heavy (non-hydrogen) atoms. The number of hydrogen-bond acceptors (Lipinski definition) is 4. The average Bonchev–Trinajstić information content (AvgIpc) is 2.90. The number of fused-ring (bicyclic) bond motifs is 1. The van der Waals surface area contributed by atoms with Gasteiger partial charge in [0.25, 0.3) is 5.69 Å². The van der Waals surface area contributed by atoms with E-state index < -0.39 is 4.92 Å². The number of non-ortho nitro benzene ring substituents is 1. The number of benzene rings is 2. The van der Waals surface area contributed by atoms with E-state index in [9.17, 15) is 14.9 Å². The van der Waals surface area contributed by atoms with E-state index in [0.717, 1.165) is 4.90 Å². The third-order valence-electron chi connectivity index (χ3n) is 3.51. The van der Waals surface area contributed by atoms with Crippen molar-refractivity contribution >= 4 is 29.0 Å². The van der Waals surface area contributed by atoms with Gasteiger partial charge in [-0.05, 0) is 31.0 Å². The van der Waals surface area contributed by atoms with Crippen LogP contribution in [0.1, 0.15) is 11.1 Å². The number of nitrogens with zero attached hydrogens (tertiary/aromatic N) is 1. The molecular weight excluding hydrogens is 300 g/mol. The van der Waals surface area contributed by atoms with Crippen molar-refractivity contribution in [2.75, 3.05) is 5.32 Å². The van der Waals surface area contributed by atoms with Gasteiger partial charge in [-0.1, -0.05) is 23.8 Å². The molecule has 1 N–H and O–H groups in total. The Bertz CT molecular complexity index is 761. The molecule has 1 aliphatic rings. The third kappa shape index (κ3) is 2.96. The van der Waals surface area contributed by atoms with E-state index in [-0.39, 0.29) is 16.8 Å². The second-order valence-corrected chi connectivity index (χ2v) is 6.46. The summed E-state index contributed by atoms with van der Waals surface area (Å²) in [5, 5.41) is 13.3. The van der Waals surface area contributed by atoms with Crippen LogP contribution in [0.5, 0.6) is 0 Å². The topological polar surface area (TPSA) is 72.2 Å². The molecule has 1 amide bonds. The molecule has 0 radical (unpaired) electrons. The Morgan fingerprint density at radius 3 is 2.91 bits per heavy atom. The molecule has 0 aliphatic carbocycles. The van der Waals surface area contributed by atoms with Gasteiger partial charge in [0.05, 0.1) is 10.2 Å². The lowest BCUT2D eigenvalue weighted by molar-refractivity contribution is -0.384. The normalized spacial score (nSPS) is 16.1. The van der Waals surface area contributed by atoms with Crippen LogP contribution in [0.25, 0.3) is 0 Å². The highest BCUT2D eigenvalue weighted by molar-refractivity contribution is 8.01. The van der Waals surface area contributed by atoms with Crippen molar-refractivity contribution in [3.8, 4) is 0 Å². The molecule has 2 aromatic carbocycles. The molecule has 0 aromatic heterocycles. The highest BCUT2D eigenvalue weighted by Gasteiger charge is 2.28. The minimum absolute atomic E-state index is 0.0317. The minimum Gasteiger partial charge on any atom is -0.325 e. The van der Waals surface area contributed by atoms with Crippen LogP contribution in [-0.4, -0.2) is 16.1 Å². The van der Waals surface area contributed by atoms with Crippen LogP contribution in [0.15, 0.2) is 47.4 Å². The van der Waals surface area contributed by atoms with Crippen LogP contribution in [0.2, 0.25) is 0 Å². The van der Waals surface area contributed by atoms with Crippen molar-refractivity contribution in [1.82, 2.24) is 0 Å². The molecule has 112 valence electrons. The van der Waals surface area contributed by atoms with Crippen molar-refractivity contribution < 1.29 is 9.72 Å². The van der Waals surface area contributed by atoms with Gasteiger partial charge in [0.15, 0.2) is 0 Å². The molecule has 0 spiro atoms. The first-order chi connectivity index (χ1) is 10.5. The summed E-state index contributed by atoms with van der Waals surface area (Å²) in [4.78, 5) is 23.8. The zero-order valence-corrected chi connectivity index (χ0v) is 12.7. The van der Waals surface area contributed by atoms with Gasteiger partial charge in [-0.15, -0.1) is 11.8 Å². The molecule has 0 fully saturated rings. The lowest BCUT2D eigenvalue weighted by Crippen LogP contribution is -2.24. The number of anilines is 1. The maximum absolute atomic E-state index is 12.3. The molecule has 1 aliphatic heterocycles. The summed E-state index contributed by atoms with van der Waals surface area (Å²) in [5.41, 5.74) is 2.77. The van der Waals surface area contributed by atoms with Crippen LogP contribution in [0.3, 0.4) is 0 Å². The highest BCUT2D eigenvalue weighted by Crippen LogP contribution is 2.38. The quantitative estimate of drug-likeness (QED) is 0.694. The number of thioether (sulfide) groups is 1. The fraction of sp³-hybridized carbons (Fsp3) is 0.188. The van der Waals surface area contributed by atoms with Crippen molar-refractivity contribution in [2.24, 2.45) is 0 Å². The fourth-order valence-electron chi connectivity index (χ4n) is 2.40. The molecule has 0 bridgehead atoms. The second-order valence-electron chi connectivity index (χ2n) is 5.22. The van der Waals surface area contributed by atoms with Crippen molar-refractivity contribution in [3.05, 3.63) is 63.7 Å². The summed E-state index contributed by atoms with van der Waals surface area (Å²) in [6.07, 6.45) is 0.682. The predicted octanol–water partition coefficient (Wildman–Crippen LogP) is 3.56. The summed E-state index contributed by atoms with van der Waals surface area (Å²) in [7, 11) is 0. The minimum atomic E-state index is -0.474. The van der Waals surface area contributed by atoms with E-state index in [2.05, 4.69) is 17.4 Å². The number of rotatable bonds is 3. The molecule has 5 nitrogen and oxygen atoms in total. The Hall–Kier alpha value is -2.34. The number of carbonyl (C=O) groups is 1. The van der Waals surface area contributed by atoms with E-state index in [0.29, 0.717) is 12.1 Å². The van der Waals surface area contributed by atoms with Gasteiger partial charge in [0.2, 0.25) is 5.91 Å². The van der Waals surface area contributed by atoms with Crippen LogP contribution in [0, 0.1) is 17.0 Å². The number of aryl methyl sites for hydroxylation is 1. The SMILES string of the molecule is Cc1ccc2c(c1)S[C@H](C(=O)Nc1cccc([N+](=O)[O-])c1)C2. The van der Waals surface area contributed by atoms with E-state index in [1.807, 2.05) is 13.0 Å². The molecule has 3 rings (SSSR count). The molecule has 0 saturated heterocycles. The number of nitro benzene ring substituents is 1. The number of nitro groups is 1. The Morgan fingerprint density at radius 2 is 2.14 bits per heavy atom. The van der Waals surface area contributed by atoms with Crippen LogP contribution in [0.4, 0.5) is 11.4 Å². The van der Waals surface area contributed by atoms with Gasteiger partial charge in [-0.2, -0.15) is 0 Å². The Morgan fingerprint density at radius 1 is 1.32 bits per heavy atom. The summed E-state index contributed by atoms with van der Waals surface area (Å²) < 4.78 is 0. The van der Waals surface area contributed by atoms with Gasteiger partial charge in [-0.25, -0.2) is 0 Å². The lowest BCUT2D eigenvalue weighted by Gasteiger charge is -2.09. The number of carbonyl (C=O) groups excluding carboxylic acids is 1. The number of hydrogen-bond donors (Lipinski definition) is 1. The molecule has 1 heterocycles. The van der Waals surface area contributed by atoms with E-state index in [1.54, 1.807) is 23.9 Å². The zero-order valence-electron chi connectivity index (χ0n) is 11.9. The largest absolute Gasteiger partial charge is 0.325 e. The molecule has 0 saturated carbocycles. The first-order valence-corrected chi connectivity index (χ1v) is 7.72. The third-order valence-corrected chi connectivity index (χ3v) is 4.81. The molecule has 0 unspecified atom stereocenters. The Balaban J connectivity index is 1.71. The average molecular weight is 314 g/mol. The summed E-state index contributed by atoms with van der Waals surface area (Å²) >= 11 is 1.54. The van der Waals surface area contributed by atoms with Crippen molar-refractivity contribution in [1.29, 1.82) is 0 Å². The smallest absolute Gasteiger partial charge is 0.271 e. The highest BCUT2D eigenvalue weighted by atomic mass is 32.2. The monoisotopic (exact) mass is 314 g/mol. The maximum atomic E-state index is 12.3. The van der Waals surface area contributed by atoms with Gasteiger partial charge in [-0.3, -0.25) is 14.9 Å². The van der Waals surface area contributed by atoms with E-state index in [4.69, 9.17) is 0 Å². The van der Waals surface area contributed by atoms with E-state index in [1.165, 1.54) is 23.3 Å². The molecule has 1 atom stereocenters. The van der Waals surface area contributed by atoms with Gasteiger partial charge in [0.1, 0.15) is 0 Å². The molecule has 6 heteroatoms. The summed E-state index contributed by atoms with van der Waals surface area (Å²) in [5.74, 6) is -0.126. The van der Waals surface area contributed by atoms with Crippen LogP contribution in [-0.2, 0) is 11.2 Å². The predicted molar refractivity (Wildman–Crippen MR) is 86.3 cm³/mol. The van der Waals surface area contributed by atoms with Gasteiger partial charge in [0, 0.05) is 22.7 Å². The standard InChI is InChI=1S/C16H14N2O3S/c1-10-5-6-11-8-15(22-14(11)7-10)16(19)17-12-3-2-4-13(9-12)18(20)21/h2-7,9,15H,8H2,1H3,(H,17,19)/t15-/m0/s1. The molecular formula is C16H14N2O3S. The van der Waals surface area contributed by atoms with Crippen molar-refractivity contribution in [3.63, 3.8) is 0 Å². The maximum Gasteiger partial charge on any atom is 0.271 e. The fourth-order valence-corrected chi connectivity index (χ4v) is 3.69. The van der Waals surface area contributed by atoms with Gasteiger partial charge >= 0.3 is 0 Å². The van der Waals surface area contributed by atoms with Crippen molar-refractivity contribution in [2.45, 2.75) is 23.5 Å². The zero-order chi connectivity index (χ0) is 15.7. The molecule has 2 aromatic rings. The van der Waals surface area contributed by atoms with Gasteiger partial charge < -0.3 is 5.32 Å². The summed E-state index contributed by atoms with van der Waals surface area (Å²) in [6, 6.07) is 12.2.